The number of allylic oxidation sites excluding steroid dienone is 1. The summed E-state index contributed by atoms with van der Waals surface area (Å²) in [5, 5.41) is 4.93. The highest BCUT2D eigenvalue weighted by Crippen LogP contribution is 2.30. The third-order valence-electron chi connectivity index (χ3n) is 3.05. The van der Waals surface area contributed by atoms with Crippen molar-refractivity contribution in [2.24, 2.45) is 5.73 Å². The van der Waals surface area contributed by atoms with E-state index in [4.69, 9.17) is 33.5 Å². The maximum atomic E-state index is 5.97. The zero-order valence-corrected chi connectivity index (χ0v) is 11.4. The van der Waals surface area contributed by atoms with Gasteiger partial charge in [-0.3, -0.25) is 0 Å². The van der Waals surface area contributed by atoms with Gasteiger partial charge in [0.25, 0.3) is 0 Å². The van der Waals surface area contributed by atoms with Gasteiger partial charge in [0.05, 0.1) is 16.0 Å². The van der Waals surface area contributed by atoms with Crippen LogP contribution in [0.5, 0.6) is 0 Å². The monoisotopic (exact) mass is 295 g/mol. The molecule has 2 aromatic rings. The summed E-state index contributed by atoms with van der Waals surface area (Å²) in [4.78, 5) is 4.38. The molecule has 1 heterocycles. The Labute approximate surface area is 120 Å². The number of nitrogens with zero attached hydrogens (tertiary/aromatic N) is 2. The van der Waals surface area contributed by atoms with Crippen LogP contribution in [0.1, 0.15) is 18.2 Å². The largest absolute Gasteiger partial charge is 0.338 e. The van der Waals surface area contributed by atoms with E-state index >= 15 is 0 Å². The molecule has 0 bridgehead atoms. The van der Waals surface area contributed by atoms with Crippen molar-refractivity contribution in [3.63, 3.8) is 0 Å². The zero-order chi connectivity index (χ0) is 13.4. The third kappa shape index (κ3) is 2.52. The van der Waals surface area contributed by atoms with Crippen molar-refractivity contribution in [2.75, 3.05) is 0 Å². The number of aromatic nitrogens is 2. The molecule has 0 saturated carbocycles. The molecule has 3 rings (SSSR count). The number of halogens is 2. The second kappa shape index (κ2) is 4.96. The summed E-state index contributed by atoms with van der Waals surface area (Å²) >= 11 is 11.8. The lowest BCUT2D eigenvalue weighted by Crippen LogP contribution is -2.14. The third-order valence-corrected chi connectivity index (χ3v) is 3.79. The number of hydrogen-bond acceptors (Lipinski definition) is 4. The molecular weight excluding hydrogens is 285 g/mol. The van der Waals surface area contributed by atoms with Crippen molar-refractivity contribution in [1.29, 1.82) is 0 Å². The predicted molar refractivity (Wildman–Crippen MR) is 74.2 cm³/mol. The van der Waals surface area contributed by atoms with Gasteiger partial charge >= 0.3 is 0 Å². The molecule has 0 radical (unpaired) electrons. The molecule has 1 aliphatic rings. The summed E-state index contributed by atoms with van der Waals surface area (Å²) in [6.07, 6.45) is 4.74. The Hall–Kier alpha value is -1.36. The standard InChI is InChI=1S/C13H11Cl2N3O/c14-10-4-2-7(6-11(10)15)12-17-13(19-18-12)8-1-3-9(16)5-8/h1-4,6,8-9H,5,16H2. The smallest absolute Gasteiger partial charge is 0.233 e. The minimum Gasteiger partial charge on any atom is -0.338 e. The second-order valence-electron chi connectivity index (χ2n) is 4.48. The van der Waals surface area contributed by atoms with E-state index in [1.165, 1.54) is 0 Å². The van der Waals surface area contributed by atoms with E-state index in [9.17, 15) is 0 Å². The van der Waals surface area contributed by atoms with Gasteiger partial charge in [-0.25, -0.2) is 0 Å². The number of benzene rings is 1. The first-order chi connectivity index (χ1) is 9.13. The van der Waals surface area contributed by atoms with Crippen molar-refractivity contribution in [1.82, 2.24) is 10.1 Å². The molecule has 0 aliphatic heterocycles. The zero-order valence-electron chi connectivity index (χ0n) is 9.88. The Balaban J connectivity index is 1.88. The topological polar surface area (TPSA) is 64.9 Å². The first kappa shape index (κ1) is 12.7. The molecule has 6 heteroatoms. The molecule has 2 N–H and O–H groups in total. The minimum absolute atomic E-state index is 0.0605. The molecule has 98 valence electrons. The molecule has 1 aromatic heterocycles. The van der Waals surface area contributed by atoms with E-state index < -0.39 is 0 Å². The molecule has 1 aliphatic carbocycles. The van der Waals surface area contributed by atoms with Crippen LogP contribution < -0.4 is 5.73 Å². The fraction of sp³-hybridized carbons (Fsp3) is 0.231. The molecule has 0 amide bonds. The molecule has 4 nitrogen and oxygen atoms in total. The second-order valence-corrected chi connectivity index (χ2v) is 5.29. The van der Waals surface area contributed by atoms with Crippen LogP contribution in [0.4, 0.5) is 0 Å². The van der Waals surface area contributed by atoms with Gasteiger partial charge in [-0.2, -0.15) is 4.98 Å². The highest BCUT2D eigenvalue weighted by molar-refractivity contribution is 6.42. The highest BCUT2D eigenvalue weighted by atomic mass is 35.5. The molecule has 1 aromatic carbocycles. The molecule has 0 fully saturated rings. The Kier molecular flexibility index (Phi) is 3.31. The maximum absolute atomic E-state index is 5.97. The van der Waals surface area contributed by atoms with Gasteiger partial charge in [0.2, 0.25) is 11.7 Å². The molecule has 2 unspecified atom stereocenters. The molecule has 0 spiro atoms. The van der Waals surface area contributed by atoms with Crippen LogP contribution in [-0.2, 0) is 0 Å². The Bertz CT molecular complexity index is 639. The summed E-state index contributed by atoms with van der Waals surface area (Å²) < 4.78 is 5.28. The number of nitrogens with two attached hydrogens (primary N) is 1. The summed E-state index contributed by atoms with van der Waals surface area (Å²) in [7, 11) is 0. The fourth-order valence-electron chi connectivity index (χ4n) is 2.05. The van der Waals surface area contributed by atoms with Crippen molar-refractivity contribution >= 4 is 23.2 Å². The molecule has 2 atom stereocenters. The Morgan fingerprint density at radius 2 is 2.05 bits per heavy atom. The summed E-state index contributed by atoms with van der Waals surface area (Å²) in [6, 6.07) is 5.29. The van der Waals surface area contributed by atoms with Crippen LogP contribution in [0.15, 0.2) is 34.9 Å². The van der Waals surface area contributed by atoms with Gasteiger partial charge in [0.15, 0.2) is 0 Å². The van der Waals surface area contributed by atoms with Crippen molar-refractivity contribution in [2.45, 2.75) is 18.4 Å². The fourth-order valence-corrected chi connectivity index (χ4v) is 2.35. The molecule has 19 heavy (non-hydrogen) atoms. The quantitative estimate of drug-likeness (QED) is 0.862. The van der Waals surface area contributed by atoms with E-state index in [-0.39, 0.29) is 12.0 Å². The summed E-state index contributed by atoms with van der Waals surface area (Å²) in [5.74, 6) is 1.17. The predicted octanol–water partition coefficient (Wildman–Crippen LogP) is 3.41. The molecular formula is C13H11Cl2N3O. The van der Waals surface area contributed by atoms with Gasteiger partial charge in [-0.1, -0.05) is 40.5 Å². The van der Waals surface area contributed by atoms with Gasteiger partial charge in [0, 0.05) is 11.6 Å². The van der Waals surface area contributed by atoms with E-state index in [0.29, 0.717) is 21.8 Å². The van der Waals surface area contributed by atoms with Gasteiger partial charge in [0.1, 0.15) is 0 Å². The van der Waals surface area contributed by atoms with Crippen LogP contribution in [0.25, 0.3) is 11.4 Å². The normalized spacial score (nSPS) is 22.1. The maximum Gasteiger partial charge on any atom is 0.233 e. The first-order valence-electron chi connectivity index (χ1n) is 5.86. The lowest BCUT2D eigenvalue weighted by atomic mass is 10.1. The van der Waals surface area contributed by atoms with Gasteiger partial charge in [-0.05, 0) is 24.6 Å². The summed E-state index contributed by atoms with van der Waals surface area (Å²) in [5.41, 5.74) is 6.58. The van der Waals surface area contributed by atoms with Gasteiger partial charge in [-0.15, -0.1) is 0 Å². The van der Waals surface area contributed by atoms with E-state index in [1.54, 1.807) is 18.2 Å². The van der Waals surface area contributed by atoms with Crippen LogP contribution in [-0.4, -0.2) is 16.2 Å². The van der Waals surface area contributed by atoms with Crippen LogP contribution >= 0.6 is 23.2 Å². The summed E-state index contributed by atoms with van der Waals surface area (Å²) in [6.45, 7) is 0. The van der Waals surface area contributed by atoms with Crippen LogP contribution in [0, 0.1) is 0 Å². The molecule has 0 saturated heterocycles. The Morgan fingerprint density at radius 3 is 2.74 bits per heavy atom. The van der Waals surface area contributed by atoms with Crippen molar-refractivity contribution < 1.29 is 4.52 Å². The average Bonchev–Trinajstić information content (AvgIpc) is 3.01. The van der Waals surface area contributed by atoms with E-state index in [0.717, 1.165) is 12.0 Å². The van der Waals surface area contributed by atoms with Crippen LogP contribution in [0.2, 0.25) is 10.0 Å². The van der Waals surface area contributed by atoms with Crippen molar-refractivity contribution in [3.05, 3.63) is 46.3 Å². The number of hydrogen-bond donors (Lipinski definition) is 1. The first-order valence-corrected chi connectivity index (χ1v) is 6.62. The van der Waals surface area contributed by atoms with E-state index in [2.05, 4.69) is 10.1 Å². The van der Waals surface area contributed by atoms with Crippen LogP contribution in [0.3, 0.4) is 0 Å². The Morgan fingerprint density at radius 1 is 1.21 bits per heavy atom. The van der Waals surface area contributed by atoms with Crippen molar-refractivity contribution in [3.8, 4) is 11.4 Å². The highest BCUT2D eigenvalue weighted by Gasteiger charge is 2.23. The lowest BCUT2D eigenvalue weighted by molar-refractivity contribution is 0.365. The lowest BCUT2D eigenvalue weighted by Gasteiger charge is -2.02. The minimum atomic E-state index is 0.0605. The van der Waals surface area contributed by atoms with E-state index in [1.807, 2.05) is 12.2 Å². The average molecular weight is 296 g/mol. The SMILES string of the molecule is NC1C=CC(c2nc(-c3ccc(Cl)c(Cl)c3)no2)C1. The number of rotatable bonds is 2. The van der Waals surface area contributed by atoms with Gasteiger partial charge < -0.3 is 10.3 Å².